The van der Waals surface area contributed by atoms with Crippen molar-refractivity contribution in [3.8, 4) is 11.3 Å². The molecule has 2 aromatic carbocycles. The van der Waals surface area contributed by atoms with Gasteiger partial charge in [0.2, 0.25) is 0 Å². The van der Waals surface area contributed by atoms with E-state index in [2.05, 4.69) is 10.4 Å². The summed E-state index contributed by atoms with van der Waals surface area (Å²) in [6.45, 7) is 5.80. The molecule has 1 amide bonds. The molecule has 1 heterocycles. The molecule has 0 saturated heterocycles. The zero-order chi connectivity index (χ0) is 20.3. The zero-order valence-corrected chi connectivity index (χ0v) is 16.4. The summed E-state index contributed by atoms with van der Waals surface area (Å²) in [6, 6.07) is 14.9. The van der Waals surface area contributed by atoms with Crippen LogP contribution in [-0.4, -0.2) is 28.7 Å². The van der Waals surface area contributed by atoms with Crippen LogP contribution in [-0.2, 0) is 11.3 Å². The van der Waals surface area contributed by atoms with Crippen LogP contribution in [0.4, 0.5) is 4.79 Å². The minimum Gasteiger partial charge on any atom is -0.444 e. The van der Waals surface area contributed by atoms with Crippen LogP contribution >= 0.6 is 0 Å². The average molecular weight is 381 g/mol. The van der Waals surface area contributed by atoms with Crippen molar-refractivity contribution in [2.24, 2.45) is 0 Å². The van der Waals surface area contributed by atoms with Crippen molar-refractivity contribution in [1.82, 2.24) is 15.3 Å². The Hall–Kier alpha value is -3.35. The van der Waals surface area contributed by atoms with Gasteiger partial charge >= 0.3 is 11.7 Å². The van der Waals surface area contributed by atoms with Crippen LogP contribution in [0.15, 0.2) is 53.3 Å². The quantitative estimate of drug-likeness (QED) is 0.751. The predicted octanol–water partition coefficient (Wildman–Crippen LogP) is 3.15. The third-order valence-electron chi connectivity index (χ3n) is 4.01. The molecule has 0 bridgehead atoms. The van der Waals surface area contributed by atoms with Crippen molar-refractivity contribution in [3.05, 3.63) is 64.4 Å². The van der Waals surface area contributed by atoms with E-state index in [1.54, 1.807) is 12.1 Å². The van der Waals surface area contributed by atoms with E-state index in [9.17, 15) is 9.59 Å². The Morgan fingerprint density at radius 3 is 2.32 bits per heavy atom. The molecule has 3 rings (SSSR count). The molecule has 1 N–H and O–H groups in total. The van der Waals surface area contributed by atoms with E-state index >= 15 is 0 Å². The number of fused-ring (bicyclic) bond motifs is 1. The molecule has 0 aliphatic heterocycles. The molecule has 7 heteroatoms. The lowest BCUT2D eigenvalue weighted by atomic mass is 10.0. The average Bonchev–Trinajstić information content (AvgIpc) is 2.66. The molecule has 3 aromatic rings. The Balaban J connectivity index is 1.85. The van der Waals surface area contributed by atoms with Crippen molar-refractivity contribution in [1.29, 1.82) is 0 Å². The lowest BCUT2D eigenvalue weighted by Crippen LogP contribution is -2.32. The van der Waals surface area contributed by atoms with E-state index in [1.165, 1.54) is 7.11 Å². The topological polar surface area (TPSA) is 82.4 Å². The summed E-state index contributed by atoms with van der Waals surface area (Å²) in [5.74, 6) is 0. The monoisotopic (exact) mass is 381 g/mol. The van der Waals surface area contributed by atoms with Gasteiger partial charge in [-0.25, -0.2) is 4.79 Å². The highest BCUT2D eigenvalue weighted by atomic mass is 16.7. The lowest BCUT2D eigenvalue weighted by molar-refractivity contribution is 0.0523. The van der Waals surface area contributed by atoms with E-state index in [-0.39, 0.29) is 5.56 Å². The molecule has 0 unspecified atom stereocenters. The first-order chi connectivity index (χ1) is 13.3. The largest absolute Gasteiger partial charge is 0.444 e. The van der Waals surface area contributed by atoms with Crippen LogP contribution in [0, 0.1) is 0 Å². The van der Waals surface area contributed by atoms with Crippen molar-refractivity contribution in [2.75, 3.05) is 7.11 Å². The number of aromatic nitrogens is 2. The Morgan fingerprint density at radius 1 is 1.07 bits per heavy atom. The first-order valence-corrected chi connectivity index (χ1v) is 8.91. The normalized spacial score (nSPS) is 11.3. The standard InChI is InChI=1S/C21H23N3O4/c1-21(2,3)28-20(26)22-13-14-9-11-15(12-10-14)18-16-7-5-6-8-17(16)19(25)24(23-18)27-4/h5-12H,13H2,1-4H3,(H,22,26). The summed E-state index contributed by atoms with van der Waals surface area (Å²) < 4.78 is 5.23. The number of carbonyl (C=O) groups excluding carboxylic acids is 1. The summed E-state index contributed by atoms with van der Waals surface area (Å²) in [6.07, 6.45) is -0.462. The number of carbonyl (C=O) groups is 1. The maximum Gasteiger partial charge on any atom is 0.407 e. The van der Waals surface area contributed by atoms with Crippen molar-refractivity contribution >= 4 is 16.9 Å². The fourth-order valence-electron chi connectivity index (χ4n) is 2.78. The van der Waals surface area contributed by atoms with Gasteiger partial charge in [-0.1, -0.05) is 47.3 Å². The third kappa shape index (κ3) is 4.31. The number of nitrogens with zero attached hydrogens (tertiary/aromatic N) is 2. The van der Waals surface area contributed by atoms with Crippen molar-refractivity contribution in [3.63, 3.8) is 0 Å². The highest BCUT2D eigenvalue weighted by molar-refractivity contribution is 5.93. The molecule has 0 spiro atoms. The molecule has 0 atom stereocenters. The van der Waals surface area contributed by atoms with Crippen LogP contribution < -0.4 is 15.7 Å². The van der Waals surface area contributed by atoms with Gasteiger partial charge in [-0.2, -0.15) is 0 Å². The van der Waals surface area contributed by atoms with Crippen molar-refractivity contribution in [2.45, 2.75) is 32.9 Å². The molecular weight excluding hydrogens is 358 g/mol. The number of rotatable bonds is 4. The number of ether oxygens (including phenoxy) is 1. The molecule has 7 nitrogen and oxygen atoms in total. The smallest absolute Gasteiger partial charge is 0.407 e. The van der Waals surface area contributed by atoms with E-state index in [0.29, 0.717) is 17.6 Å². The summed E-state index contributed by atoms with van der Waals surface area (Å²) in [5, 5.41) is 8.34. The fraction of sp³-hybridized carbons (Fsp3) is 0.286. The Morgan fingerprint density at radius 2 is 1.71 bits per heavy atom. The highest BCUT2D eigenvalue weighted by Gasteiger charge is 2.16. The molecule has 0 fully saturated rings. The summed E-state index contributed by atoms with van der Waals surface area (Å²) in [7, 11) is 1.40. The van der Waals surface area contributed by atoms with Gasteiger partial charge < -0.3 is 14.9 Å². The summed E-state index contributed by atoms with van der Waals surface area (Å²) in [4.78, 5) is 30.2. The SMILES string of the molecule is COn1nc(-c2ccc(CNC(=O)OC(C)(C)C)cc2)c2ccccc2c1=O. The molecule has 0 saturated carbocycles. The van der Waals surface area contributed by atoms with Gasteiger partial charge in [-0.3, -0.25) is 4.79 Å². The Labute approximate surface area is 162 Å². The number of amides is 1. The number of hydrogen-bond acceptors (Lipinski definition) is 5. The van der Waals surface area contributed by atoms with Crippen LogP contribution in [0.2, 0.25) is 0 Å². The summed E-state index contributed by atoms with van der Waals surface area (Å²) in [5.41, 5.74) is 1.55. The second-order valence-corrected chi connectivity index (χ2v) is 7.31. The Bertz CT molecular complexity index is 1050. The van der Waals surface area contributed by atoms with Gasteiger partial charge in [-0.15, -0.1) is 5.10 Å². The van der Waals surface area contributed by atoms with Gasteiger partial charge in [0.1, 0.15) is 18.4 Å². The maximum absolute atomic E-state index is 12.4. The maximum atomic E-state index is 12.4. The number of hydrogen-bond donors (Lipinski definition) is 1. The molecule has 146 valence electrons. The van der Waals surface area contributed by atoms with E-state index in [0.717, 1.165) is 21.4 Å². The van der Waals surface area contributed by atoms with Gasteiger partial charge in [-0.05, 0) is 32.4 Å². The first kappa shape index (κ1) is 19.4. The minimum atomic E-state index is -0.537. The van der Waals surface area contributed by atoms with Crippen molar-refractivity contribution < 1.29 is 14.4 Å². The molecule has 0 radical (unpaired) electrons. The van der Waals surface area contributed by atoms with Gasteiger partial charge in [0.25, 0.3) is 0 Å². The first-order valence-electron chi connectivity index (χ1n) is 8.91. The van der Waals surface area contributed by atoms with E-state index < -0.39 is 11.7 Å². The van der Waals surface area contributed by atoms with Crippen LogP contribution in [0.5, 0.6) is 0 Å². The third-order valence-corrected chi connectivity index (χ3v) is 4.01. The number of benzene rings is 2. The molecular formula is C21H23N3O4. The fourth-order valence-corrected chi connectivity index (χ4v) is 2.78. The van der Waals surface area contributed by atoms with Gasteiger partial charge in [0.05, 0.1) is 5.39 Å². The van der Waals surface area contributed by atoms with Crippen LogP contribution in [0.25, 0.3) is 22.0 Å². The van der Waals surface area contributed by atoms with E-state index in [4.69, 9.17) is 9.57 Å². The second-order valence-electron chi connectivity index (χ2n) is 7.31. The molecule has 28 heavy (non-hydrogen) atoms. The molecule has 0 aliphatic rings. The number of alkyl carbamates (subject to hydrolysis) is 1. The minimum absolute atomic E-state index is 0.306. The molecule has 1 aromatic heterocycles. The lowest BCUT2D eigenvalue weighted by Gasteiger charge is -2.19. The predicted molar refractivity (Wildman–Crippen MR) is 107 cm³/mol. The molecule has 0 aliphatic carbocycles. The zero-order valence-electron chi connectivity index (χ0n) is 16.4. The van der Waals surface area contributed by atoms with Crippen LogP contribution in [0.1, 0.15) is 26.3 Å². The number of nitrogens with one attached hydrogen (secondary N) is 1. The van der Waals surface area contributed by atoms with Crippen LogP contribution in [0.3, 0.4) is 0 Å². The Kier molecular flexibility index (Phi) is 5.35. The van der Waals surface area contributed by atoms with E-state index in [1.807, 2.05) is 57.2 Å². The van der Waals surface area contributed by atoms with Gasteiger partial charge in [0.15, 0.2) is 0 Å². The van der Waals surface area contributed by atoms with Gasteiger partial charge in [0, 0.05) is 17.5 Å². The summed E-state index contributed by atoms with van der Waals surface area (Å²) >= 11 is 0. The second kappa shape index (κ2) is 7.72. The highest BCUT2D eigenvalue weighted by Crippen LogP contribution is 2.24.